The molecule has 1 fully saturated rings. The number of aromatic hydroxyl groups is 2. The molecule has 2 atom stereocenters. The third-order valence-corrected chi connectivity index (χ3v) is 4.06. The molecular formula is C15H17NO5. The fourth-order valence-electron chi connectivity index (χ4n) is 3.00. The Kier molecular flexibility index (Phi) is 3.35. The maximum atomic E-state index is 11.9. The molecule has 0 aliphatic carbocycles. The van der Waals surface area contributed by atoms with Gasteiger partial charge in [0.15, 0.2) is 5.43 Å². The third kappa shape index (κ3) is 2.36. The number of hydrogen-bond acceptors (Lipinski definition) is 6. The third-order valence-electron chi connectivity index (χ3n) is 4.06. The molecule has 1 aliphatic rings. The summed E-state index contributed by atoms with van der Waals surface area (Å²) in [7, 11) is 1.91. The average Bonchev–Trinajstić information content (AvgIpc) is 2.39. The van der Waals surface area contributed by atoms with Crippen LogP contribution in [0, 0.1) is 0 Å². The topological polar surface area (TPSA) is 94.1 Å². The lowest BCUT2D eigenvalue weighted by Crippen LogP contribution is -2.40. The number of aliphatic hydroxyl groups is 1. The van der Waals surface area contributed by atoms with E-state index in [1.54, 1.807) is 0 Å². The molecule has 0 saturated carbocycles. The van der Waals surface area contributed by atoms with E-state index in [4.69, 9.17) is 4.42 Å². The highest BCUT2D eigenvalue weighted by Gasteiger charge is 2.31. The smallest absolute Gasteiger partial charge is 0.286 e. The van der Waals surface area contributed by atoms with Gasteiger partial charge in [0.1, 0.15) is 11.3 Å². The predicted octanol–water partition coefficient (Wildman–Crippen LogP) is 0.984. The molecule has 112 valence electrons. The number of rotatable bonds is 1. The normalized spacial score (nSPS) is 23.5. The molecule has 0 radical (unpaired) electrons. The predicted molar refractivity (Wildman–Crippen MR) is 76.7 cm³/mol. The highest BCUT2D eigenvalue weighted by Crippen LogP contribution is 2.38. The van der Waals surface area contributed by atoms with Gasteiger partial charge in [-0.15, -0.1) is 0 Å². The summed E-state index contributed by atoms with van der Waals surface area (Å²) in [5.41, 5.74) is 0.159. The first-order chi connectivity index (χ1) is 9.97. The van der Waals surface area contributed by atoms with Crippen LogP contribution < -0.4 is 5.43 Å². The van der Waals surface area contributed by atoms with Crippen LogP contribution in [-0.2, 0) is 0 Å². The minimum Gasteiger partial charge on any atom is -0.508 e. The Morgan fingerprint density at radius 2 is 2.10 bits per heavy atom. The standard InChI is InChI=1S/C15H17NO5/c1-16-5-4-8(12(19)7-16)14-10(17)3-2-9-11(18)6-13(20)21-15(9)14/h2-3,6,8,12,17,19-20H,4-5,7H2,1H3/t8-,12+/m0/s1. The van der Waals surface area contributed by atoms with Crippen LogP contribution >= 0.6 is 0 Å². The van der Waals surface area contributed by atoms with Crippen molar-refractivity contribution in [1.29, 1.82) is 0 Å². The summed E-state index contributed by atoms with van der Waals surface area (Å²) in [5, 5.41) is 30.2. The number of aliphatic hydroxyl groups excluding tert-OH is 1. The van der Waals surface area contributed by atoms with Gasteiger partial charge in [0.25, 0.3) is 5.95 Å². The molecule has 1 aliphatic heterocycles. The maximum Gasteiger partial charge on any atom is 0.286 e. The minimum absolute atomic E-state index is 0.0372. The maximum absolute atomic E-state index is 11.9. The van der Waals surface area contributed by atoms with E-state index in [-0.39, 0.29) is 28.1 Å². The first kappa shape index (κ1) is 13.9. The summed E-state index contributed by atoms with van der Waals surface area (Å²) in [5.74, 6) is -0.874. The summed E-state index contributed by atoms with van der Waals surface area (Å²) in [6.07, 6.45) is -0.0446. The van der Waals surface area contributed by atoms with Gasteiger partial charge in [0.2, 0.25) is 0 Å². The lowest BCUT2D eigenvalue weighted by atomic mass is 9.85. The van der Waals surface area contributed by atoms with Crippen molar-refractivity contribution < 1.29 is 19.7 Å². The van der Waals surface area contributed by atoms with Crippen molar-refractivity contribution in [1.82, 2.24) is 4.90 Å². The Morgan fingerprint density at radius 1 is 1.33 bits per heavy atom. The number of hydrogen-bond donors (Lipinski definition) is 3. The van der Waals surface area contributed by atoms with Crippen molar-refractivity contribution in [3.63, 3.8) is 0 Å². The number of phenols is 1. The van der Waals surface area contributed by atoms with Gasteiger partial charge in [0.05, 0.1) is 17.6 Å². The van der Waals surface area contributed by atoms with Crippen LogP contribution in [0.5, 0.6) is 11.7 Å². The van der Waals surface area contributed by atoms with E-state index in [2.05, 4.69) is 0 Å². The number of fused-ring (bicyclic) bond motifs is 1. The summed E-state index contributed by atoms with van der Waals surface area (Å²) < 4.78 is 5.25. The van der Waals surface area contributed by atoms with Crippen molar-refractivity contribution in [2.45, 2.75) is 18.4 Å². The highest BCUT2D eigenvalue weighted by molar-refractivity contribution is 5.83. The van der Waals surface area contributed by atoms with Crippen molar-refractivity contribution in [3.8, 4) is 11.7 Å². The van der Waals surface area contributed by atoms with E-state index in [0.717, 1.165) is 12.6 Å². The summed E-state index contributed by atoms with van der Waals surface area (Å²) in [6, 6.07) is 3.88. The number of phenolic OH excluding ortho intramolecular Hbond substituents is 1. The van der Waals surface area contributed by atoms with Crippen LogP contribution in [0.2, 0.25) is 0 Å². The van der Waals surface area contributed by atoms with Crippen LogP contribution in [0.15, 0.2) is 27.4 Å². The first-order valence-electron chi connectivity index (χ1n) is 6.82. The molecule has 0 bridgehead atoms. The molecule has 3 N–H and O–H groups in total. The quantitative estimate of drug-likeness (QED) is 0.725. The van der Waals surface area contributed by atoms with E-state index in [0.29, 0.717) is 18.5 Å². The van der Waals surface area contributed by atoms with Gasteiger partial charge in [-0.2, -0.15) is 0 Å². The SMILES string of the molecule is CN1CC[C@H](c2c(O)ccc3c(=O)cc(O)oc23)[C@H](O)C1. The zero-order valence-electron chi connectivity index (χ0n) is 11.6. The molecule has 2 heterocycles. The van der Waals surface area contributed by atoms with Gasteiger partial charge in [-0.1, -0.05) is 0 Å². The van der Waals surface area contributed by atoms with E-state index in [9.17, 15) is 20.1 Å². The molecule has 6 heteroatoms. The van der Waals surface area contributed by atoms with Gasteiger partial charge in [-0.3, -0.25) is 4.79 Å². The lowest BCUT2D eigenvalue weighted by Gasteiger charge is -2.34. The zero-order chi connectivity index (χ0) is 15.1. The lowest BCUT2D eigenvalue weighted by molar-refractivity contribution is 0.0630. The Labute approximate surface area is 120 Å². The molecule has 21 heavy (non-hydrogen) atoms. The number of benzene rings is 1. The van der Waals surface area contributed by atoms with Crippen LogP contribution in [0.3, 0.4) is 0 Å². The van der Waals surface area contributed by atoms with Crippen LogP contribution in [0.25, 0.3) is 11.0 Å². The largest absolute Gasteiger partial charge is 0.508 e. The summed E-state index contributed by atoms with van der Waals surface area (Å²) in [4.78, 5) is 13.9. The Hall–Kier alpha value is -2.05. The number of likely N-dealkylation sites (N-methyl/N-ethyl adjacent to an activating group) is 1. The zero-order valence-corrected chi connectivity index (χ0v) is 11.6. The van der Waals surface area contributed by atoms with Crippen molar-refractivity contribution in [2.24, 2.45) is 0 Å². The van der Waals surface area contributed by atoms with E-state index in [1.165, 1.54) is 12.1 Å². The van der Waals surface area contributed by atoms with Crippen LogP contribution in [-0.4, -0.2) is 46.5 Å². The monoisotopic (exact) mass is 291 g/mol. The van der Waals surface area contributed by atoms with Crippen LogP contribution in [0.1, 0.15) is 17.9 Å². The minimum atomic E-state index is -0.673. The summed E-state index contributed by atoms with van der Waals surface area (Å²) in [6.45, 7) is 1.24. The van der Waals surface area contributed by atoms with Gasteiger partial charge < -0.3 is 24.6 Å². The Balaban J connectivity index is 2.21. The fourth-order valence-corrected chi connectivity index (χ4v) is 3.00. The number of β-amino-alcohol motifs (C(OH)–C–C–N with tert-alkyl or cyclic N) is 1. The van der Waals surface area contributed by atoms with Crippen molar-refractivity contribution >= 4 is 11.0 Å². The highest BCUT2D eigenvalue weighted by atomic mass is 16.5. The Bertz CT molecular complexity index is 739. The average molecular weight is 291 g/mol. The van der Waals surface area contributed by atoms with Crippen molar-refractivity contribution in [2.75, 3.05) is 20.1 Å². The van der Waals surface area contributed by atoms with Crippen molar-refractivity contribution in [3.05, 3.63) is 34.0 Å². The number of nitrogens with zero attached hydrogens (tertiary/aromatic N) is 1. The molecule has 0 unspecified atom stereocenters. The fraction of sp³-hybridized carbons (Fsp3) is 0.400. The second-order valence-corrected chi connectivity index (χ2v) is 5.55. The molecule has 1 saturated heterocycles. The molecule has 6 nitrogen and oxygen atoms in total. The van der Waals surface area contributed by atoms with E-state index < -0.39 is 12.1 Å². The second-order valence-electron chi connectivity index (χ2n) is 5.55. The first-order valence-corrected chi connectivity index (χ1v) is 6.82. The van der Waals surface area contributed by atoms with Crippen LogP contribution in [0.4, 0.5) is 0 Å². The molecule has 3 rings (SSSR count). The molecular weight excluding hydrogens is 274 g/mol. The second kappa shape index (κ2) is 5.05. The van der Waals surface area contributed by atoms with Gasteiger partial charge in [-0.05, 0) is 32.1 Å². The molecule has 2 aromatic rings. The Morgan fingerprint density at radius 3 is 2.81 bits per heavy atom. The number of likely N-dealkylation sites (tertiary alicyclic amines) is 1. The molecule has 0 amide bonds. The molecule has 1 aromatic heterocycles. The number of piperidine rings is 1. The summed E-state index contributed by atoms with van der Waals surface area (Å²) >= 11 is 0. The molecule has 1 aromatic carbocycles. The van der Waals surface area contributed by atoms with Gasteiger partial charge in [-0.25, -0.2) is 0 Å². The van der Waals surface area contributed by atoms with Gasteiger partial charge >= 0.3 is 0 Å². The van der Waals surface area contributed by atoms with Gasteiger partial charge in [0, 0.05) is 18.0 Å². The molecule has 0 spiro atoms. The van der Waals surface area contributed by atoms with E-state index >= 15 is 0 Å². The van der Waals surface area contributed by atoms with E-state index in [1.807, 2.05) is 11.9 Å².